The quantitative estimate of drug-likeness (QED) is 0.589. The third-order valence-corrected chi connectivity index (χ3v) is 2.78. The maximum absolute atomic E-state index is 10.9. The summed E-state index contributed by atoms with van der Waals surface area (Å²) in [5, 5.41) is 20.6. The molecule has 0 bridgehead atoms. The average molecular weight is 251 g/mol. The van der Waals surface area contributed by atoms with Crippen LogP contribution in [-0.4, -0.2) is 28.0 Å². The molecule has 1 N–H and O–H groups in total. The lowest BCUT2D eigenvalue weighted by molar-refractivity contribution is -0.533. The molecule has 0 saturated heterocycles. The Hall–Kier alpha value is -1.75. The second kappa shape index (κ2) is 6.86. The van der Waals surface area contributed by atoms with E-state index < -0.39 is 17.1 Å². The molecule has 5 heteroatoms. The molecule has 0 heterocycles. The number of aryl methyl sites for hydroxylation is 1. The van der Waals surface area contributed by atoms with Crippen molar-refractivity contribution in [3.8, 4) is 0 Å². The summed E-state index contributed by atoms with van der Waals surface area (Å²) in [7, 11) is 0. The predicted molar refractivity (Wildman–Crippen MR) is 66.9 cm³/mol. The van der Waals surface area contributed by atoms with Gasteiger partial charge in [0.1, 0.15) is 11.9 Å². The first-order valence-corrected chi connectivity index (χ1v) is 5.85. The van der Waals surface area contributed by atoms with Crippen LogP contribution in [0.1, 0.15) is 25.3 Å². The Labute approximate surface area is 106 Å². The van der Waals surface area contributed by atoms with E-state index in [2.05, 4.69) is 0 Å². The third-order valence-electron chi connectivity index (χ3n) is 2.78. The Balaban J connectivity index is 2.54. The molecule has 0 fully saturated rings. The van der Waals surface area contributed by atoms with Crippen LogP contribution in [0.25, 0.3) is 0 Å². The molecule has 0 amide bonds. The Morgan fingerprint density at radius 3 is 2.50 bits per heavy atom. The second-order valence-electron chi connectivity index (χ2n) is 4.35. The van der Waals surface area contributed by atoms with Crippen molar-refractivity contribution >= 4 is 5.78 Å². The molecule has 98 valence electrons. The number of carbonyl (C=O) groups is 1. The number of nitrogens with zero attached hydrogens (tertiary/aromatic N) is 1. The van der Waals surface area contributed by atoms with E-state index in [4.69, 9.17) is 0 Å². The number of carbonyl (C=O) groups excluding carboxylic acids is 1. The molecule has 0 aromatic heterocycles. The minimum Gasteiger partial charge on any atom is -0.386 e. The summed E-state index contributed by atoms with van der Waals surface area (Å²) in [6.45, 7) is 1.29. The molecule has 0 saturated carbocycles. The first kappa shape index (κ1) is 14.3. The van der Waals surface area contributed by atoms with E-state index in [0.29, 0.717) is 6.42 Å². The van der Waals surface area contributed by atoms with Crippen LogP contribution in [0.4, 0.5) is 0 Å². The van der Waals surface area contributed by atoms with Crippen LogP contribution in [0, 0.1) is 10.1 Å². The lowest BCUT2D eigenvalue weighted by Gasteiger charge is -2.14. The molecule has 0 radical (unpaired) electrons. The van der Waals surface area contributed by atoms with Gasteiger partial charge in [-0.2, -0.15) is 0 Å². The lowest BCUT2D eigenvalue weighted by Crippen LogP contribution is -2.35. The van der Waals surface area contributed by atoms with Crippen molar-refractivity contribution in [3.05, 3.63) is 46.0 Å². The van der Waals surface area contributed by atoms with Crippen LogP contribution in [0.3, 0.4) is 0 Å². The van der Waals surface area contributed by atoms with Crippen molar-refractivity contribution in [1.29, 1.82) is 0 Å². The Morgan fingerprint density at radius 1 is 1.39 bits per heavy atom. The van der Waals surface area contributed by atoms with E-state index >= 15 is 0 Å². The summed E-state index contributed by atoms with van der Waals surface area (Å²) in [6, 6.07) is 8.24. The van der Waals surface area contributed by atoms with Gasteiger partial charge >= 0.3 is 0 Å². The highest BCUT2D eigenvalue weighted by atomic mass is 16.6. The highest BCUT2D eigenvalue weighted by molar-refractivity contribution is 5.76. The molecule has 0 aliphatic carbocycles. The van der Waals surface area contributed by atoms with Crippen LogP contribution in [0.2, 0.25) is 0 Å². The van der Waals surface area contributed by atoms with Gasteiger partial charge in [-0.05, 0) is 25.3 Å². The molecule has 2 unspecified atom stereocenters. The number of aliphatic hydroxyl groups is 1. The summed E-state index contributed by atoms with van der Waals surface area (Å²) < 4.78 is 0. The van der Waals surface area contributed by atoms with Crippen molar-refractivity contribution in [2.75, 3.05) is 0 Å². The highest BCUT2D eigenvalue weighted by Gasteiger charge is 2.30. The summed E-state index contributed by atoms with van der Waals surface area (Å²) in [6.07, 6.45) is -0.472. The zero-order valence-electron chi connectivity index (χ0n) is 10.3. The van der Waals surface area contributed by atoms with E-state index in [1.165, 1.54) is 6.92 Å². The van der Waals surface area contributed by atoms with Crippen molar-refractivity contribution in [1.82, 2.24) is 0 Å². The summed E-state index contributed by atoms with van der Waals surface area (Å²) in [4.78, 5) is 21.1. The topological polar surface area (TPSA) is 80.4 Å². The van der Waals surface area contributed by atoms with Crippen LogP contribution < -0.4 is 0 Å². The number of Topliss-reactive ketones (excluding diaryl/α,β-unsaturated/α-hetero) is 1. The Kier molecular flexibility index (Phi) is 5.45. The fraction of sp³-hybridized carbons (Fsp3) is 0.462. The number of nitro groups is 1. The SMILES string of the molecule is CC(=O)CC(C(O)CCc1ccccc1)[N+](=O)[O-]. The molecular weight excluding hydrogens is 234 g/mol. The van der Waals surface area contributed by atoms with E-state index in [0.717, 1.165) is 5.56 Å². The van der Waals surface area contributed by atoms with Gasteiger partial charge in [-0.15, -0.1) is 0 Å². The van der Waals surface area contributed by atoms with Gasteiger partial charge < -0.3 is 5.11 Å². The van der Waals surface area contributed by atoms with Gasteiger partial charge in [0.2, 0.25) is 6.04 Å². The summed E-state index contributed by atoms with van der Waals surface area (Å²) >= 11 is 0. The first-order chi connectivity index (χ1) is 8.50. The number of hydrogen-bond donors (Lipinski definition) is 1. The molecule has 2 atom stereocenters. The number of rotatable bonds is 7. The maximum atomic E-state index is 10.9. The van der Waals surface area contributed by atoms with Crippen molar-refractivity contribution in [2.24, 2.45) is 0 Å². The fourth-order valence-corrected chi connectivity index (χ4v) is 1.80. The van der Waals surface area contributed by atoms with Gasteiger partial charge in [0.15, 0.2) is 0 Å². The Bertz CT molecular complexity index is 405. The highest BCUT2D eigenvalue weighted by Crippen LogP contribution is 2.12. The number of hydrogen-bond acceptors (Lipinski definition) is 4. The number of aliphatic hydroxyl groups excluding tert-OH is 1. The second-order valence-corrected chi connectivity index (χ2v) is 4.35. The van der Waals surface area contributed by atoms with Gasteiger partial charge in [-0.3, -0.25) is 14.9 Å². The predicted octanol–water partition coefficient (Wildman–Crippen LogP) is 1.60. The van der Waals surface area contributed by atoms with E-state index in [-0.39, 0.29) is 18.6 Å². The molecule has 0 aliphatic rings. The largest absolute Gasteiger partial charge is 0.386 e. The number of benzene rings is 1. The third kappa shape index (κ3) is 4.63. The van der Waals surface area contributed by atoms with Crippen molar-refractivity contribution < 1.29 is 14.8 Å². The molecule has 1 aromatic carbocycles. The number of ketones is 1. The zero-order valence-corrected chi connectivity index (χ0v) is 10.3. The fourth-order valence-electron chi connectivity index (χ4n) is 1.80. The zero-order chi connectivity index (χ0) is 13.5. The van der Waals surface area contributed by atoms with Gasteiger partial charge in [-0.1, -0.05) is 30.3 Å². The van der Waals surface area contributed by atoms with Crippen LogP contribution in [-0.2, 0) is 11.2 Å². The maximum Gasteiger partial charge on any atom is 0.245 e. The smallest absolute Gasteiger partial charge is 0.245 e. The lowest BCUT2D eigenvalue weighted by atomic mass is 9.99. The van der Waals surface area contributed by atoms with E-state index in [9.17, 15) is 20.0 Å². The molecule has 1 rings (SSSR count). The Morgan fingerprint density at radius 2 is 2.00 bits per heavy atom. The van der Waals surface area contributed by atoms with Gasteiger partial charge in [0.05, 0.1) is 6.42 Å². The van der Waals surface area contributed by atoms with Crippen molar-refractivity contribution in [2.45, 2.75) is 38.3 Å². The molecular formula is C13H17NO4. The van der Waals surface area contributed by atoms with Gasteiger partial charge in [0.25, 0.3) is 0 Å². The van der Waals surface area contributed by atoms with Crippen LogP contribution in [0.15, 0.2) is 30.3 Å². The molecule has 18 heavy (non-hydrogen) atoms. The summed E-state index contributed by atoms with van der Waals surface area (Å²) in [5.74, 6) is -0.282. The minimum absolute atomic E-state index is 0.219. The van der Waals surface area contributed by atoms with Gasteiger partial charge in [-0.25, -0.2) is 0 Å². The van der Waals surface area contributed by atoms with Crippen molar-refractivity contribution in [3.63, 3.8) is 0 Å². The average Bonchev–Trinajstić information content (AvgIpc) is 2.34. The molecule has 1 aromatic rings. The monoisotopic (exact) mass is 251 g/mol. The molecule has 0 spiro atoms. The standard InChI is InChI=1S/C13H17NO4/c1-10(15)9-12(14(17)18)13(16)8-7-11-5-3-2-4-6-11/h2-6,12-13,16H,7-9H2,1H3. The minimum atomic E-state index is -1.20. The first-order valence-electron chi connectivity index (χ1n) is 5.85. The molecule has 5 nitrogen and oxygen atoms in total. The van der Waals surface area contributed by atoms with Gasteiger partial charge in [0, 0.05) is 4.92 Å². The van der Waals surface area contributed by atoms with E-state index in [1.807, 2.05) is 30.3 Å². The summed E-state index contributed by atoms with van der Waals surface area (Å²) in [5.41, 5.74) is 1.02. The van der Waals surface area contributed by atoms with Crippen LogP contribution >= 0.6 is 0 Å². The van der Waals surface area contributed by atoms with Crippen LogP contribution in [0.5, 0.6) is 0 Å². The van der Waals surface area contributed by atoms with E-state index in [1.54, 1.807) is 0 Å². The normalized spacial score (nSPS) is 13.9. The molecule has 0 aliphatic heterocycles.